The summed E-state index contributed by atoms with van der Waals surface area (Å²) in [5.74, 6) is 1.51. The Balaban J connectivity index is 1.80. The van der Waals surface area contributed by atoms with E-state index in [-0.39, 0.29) is 0 Å². The van der Waals surface area contributed by atoms with Gasteiger partial charge in [-0.05, 0) is 63.0 Å². The highest BCUT2D eigenvalue weighted by Crippen LogP contribution is 2.29. The fourth-order valence-electron chi connectivity index (χ4n) is 3.27. The third-order valence-electron chi connectivity index (χ3n) is 4.95. The van der Waals surface area contributed by atoms with Crippen molar-refractivity contribution in [3.63, 3.8) is 0 Å². The van der Waals surface area contributed by atoms with Crippen LogP contribution in [0.5, 0.6) is 0 Å². The van der Waals surface area contributed by atoms with Gasteiger partial charge in [0.05, 0.1) is 5.56 Å². The molecule has 1 aliphatic rings. The maximum Gasteiger partial charge on any atom is 0.416 e. The minimum absolute atomic E-state index is 0.506. The number of benzene rings is 1. The molecular formula is C19H29F3N4. The summed E-state index contributed by atoms with van der Waals surface area (Å²) < 4.78 is 37.9. The predicted octanol–water partition coefficient (Wildman–Crippen LogP) is 3.44. The molecule has 0 amide bonds. The van der Waals surface area contributed by atoms with Crippen LogP contribution in [0.4, 0.5) is 13.2 Å². The van der Waals surface area contributed by atoms with E-state index >= 15 is 0 Å². The summed E-state index contributed by atoms with van der Waals surface area (Å²) in [6.45, 7) is 3.69. The van der Waals surface area contributed by atoms with E-state index in [0.717, 1.165) is 55.6 Å². The Kier molecular flexibility index (Phi) is 7.32. The van der Waals surface area contributed by atoms with Crippen molar-refractivity contribution >= 4 is 5.96 Å². The van der Waals surface area contributed by atoms with Crippen molar-refractivity contribution in [2.75, 3.05) is 40.8 Å². The molecule has 1 heterocycles. The van der Waals surface area contributed by atoms with Gasteiger partial charge < -0.3 is 15.1 Å². The quantitative estimate of drug-likeness (QED) is 0.636. The molecule has 7 heteroatoms. The van der Waals surface area contributed by atoms with Crippen LogP contribution in [0.2, 0.25) is 0 Å². The van der Waals surface area contributed by atoms with Gasteiger partial charge in [0.2, 0.25) is 0 Å². The molecule has 26 heavy (non-hydrogen) atoms. The van der Waals surface area contributed by atoms with Crippen LogP contribution in [0, 0.1) is 5.92 Å². The average Bonchev–Trinajstić information content (AvgIpc) is 2.60. The summed E-state index contributed by atoms with van der Waals surface area (Å²) >= 11 is 0. The highest BCUT2D eigenvalue weighted by atomic mass is 19.4. The fraction of sp³-hybridized carbons (Fsp3) is 0.632. The van der Waals surface area contributed by atoms with Crippen LogP contribution in [-0.4, -0.2) is 56.5 Å². The molecule has 0 spiro atoms. The summed E-state index contributed by atoms with van der Waals surface area (Å²) in [5, 5.41) is 3.37. The molecule has 0 radical (unpaired) electrons. The second kappa shape index (κ2) is 9.26. The number of halogens is 3. The molecule has 0 aliphatic carbocycles. The molecule has 1 fully saturated rings. The van der Waals surface area contributed by atoms with Crippen LogP contribution < -0.4 is 5.32 Å². The summed E-state index contributed by atoms with van der Waals surface area (Å²) in [6.07, 6.45) is -0.715. The Morgan fingerprint density at radius 1 is 1.23 bits per heavy atom. The maximum absolute atomic E-state index is 12.6. The predicted molar refractivity (Wildman–Crippen MR) is 99.1 cm³/mol. The average molecular weight is 370 g/mol. The van der Waals surface area contributed by atoms with Gasteiger partial charge >= 0.3 is 6.18 Å². The third kappa shape index (κ3) is 6.20. The van der Waals surface area contributed by atoms with Crippen LogP contribution >= 0.6 is 0 Å². The van der Waals surface area contributed by atoms with Crippen molar-refractivity contribution < 1.29 is 13.2 Å². The standard InChI is InChI=1S/C19H29F3N4/c1-23-18(24-11-8-15-9-12-25(2)13-10-15)26(3)14-16-4-6-17(7-5-16)19(20,21)22/h4-7,15H,8-14H2,1-3H3,(H,23,24). The number of guanidine groups is 1. The van der Waals surface area contributed by atoms with Gasteiger partial charge in [-0.1, -0.05) is 12.1 Å². The Morgan fingerprint density at radius 2 is 1.85 bits per heavy atom. The summed E-state index contributed by atoms with van der Waals surface area (Å²) in [6, 6.07) is 5.29. The molecule has 1 saturated heterocycles. The molecule has 0 saturated carbocycles. The van der Waals surface area contributed by atoms with Crippen molar-refractivity contribution in [1.29, 1.82) is 0 Å². The second-order valence-electron chi connectivity index (χ2n) is 7.06. The molecule has 4 nitrogen and oxygen atoms in total. The number of alkyl halides is 3. The van der Waals surface area contributed by atoms with Crippen LogP contribution in [0.1, 0.15) is 30.4 Å². The normalized spacial score (nSPS) is 17.4. The Labute approximate surface area is 154 Å². The lowest BCUT2D eigenvalue weighted by molar-refractivity contribution is -0.137. The summed E-state index contributed by atoms with van der Waals surface area (Å²) in [4.78, 5) is 8.57. The number of likely N-dealkylation sites (tertiary alicyclic amines) is 1. The van der Waals surface area contributed by atoms with Gasteiger partial charge in [0.1, 0.15) is 0 Å². The molecule has 0 unspecified atom stereocenters. The van der Waals surface area contributed by atoms with E-state index in [1.54, 1.807) is 7.05 Å². The Morgan fingerprint density at radius 3 is 2.38 bits per heavy atom. The first kappa shape index (κ1) is 20.6. The van der Waals surface area contributed by atoms with E-state index in [4.69, 9.17) is 0 Å². The highest BCUT2D eigenvalue weighted by molar-refractivity contribution is 5.79. The SMILES string of the molecule is CN=C(NCCC1CCN(C)CC1)N(C)Cc1ccc(C(F)(F)F)cc1. The van der Waals surface area contributed by atoms with Crippen LogP contribution in [-0.2, 0) is 12.7 Å². The van der Waals surface area contributed by atoms with Crippen molar-refractivity contribution in [3.8, 4) is 0 Å². The molecule has 1 N–H and O–H groups in total. The Bertz CT molecular complexity index is 575. The van der Waals surface area contributed by atoms with Crippen molar-refractivity contribution in [2.45, 2.75) is 32.0 Å². The highest BCUT2D eigenvalue weighted by Gasteiger charge is 2.29. The van der Waals surface area contributed by atoms with Crippen molar-refractivity contribution in [2.24, 2.45) is 10.9 Å². The Hall–Kier alpha value is -1.76. The molecule has 0 atom stereocenters. The van der Waals surface area contributed by atoms with Gasteiger partial charge in [-0.25, -0.2) is 0 Å². The van der Waals surface area contributed by atoms with E-state index in [1.165, 1.54) is 25.0 Å². The van der Waals surface area contributed by atoms with Gasteiger partial charge in [0, 0.05) is 27.2 Å². The van der Waals surface area contributed by atoms with E-state index in [9.17, 15) is 13.2 Å². The molecule has 2 rings (SSSR count). The molecule has 1 aromatic carbocycles. The van der Waals surface area contributed by atoms with E-state index < -0.39 is 11.7 Å². The zero-order valence-electron chi connectivity index (χ0n) is 15.8. The third-order valence-corrected chi connectivity index (χ3v) is 4.95. The van der Waals surface area contributed by atoms with Crippen LogP contribution in [0.25, 0.3) is 0 Å². The lowest BCUT2D eigenvalue weighted by Gasteiger charge is -2.29. The molecule has 0 bridgehead atoms. The van der Waals surface area contributed by atoms with E-state index in [0.29, 0.717) is 6.54 Å². The number of nitrogens with one attached hydrogen (secondary N) is 1. The molecule has 0 aromatic heterocycles. The molecule has 1 aliphatic heterocycles. The largest absolute Gasteiger partial charge is 0.416 e. The summed E-state index contributed by atoms with van der Waals surface area (Å²) in [7, 11) is 5.77. The molecule has 1 aromatic rings. The zero-order valence-corrected chi connectivity index (χ0v) is 15.8. The minimum atomic E-state index is -4.30. The minimum Gasteiger partial charge on any atom is -0.356 e. The fourth-order valence-corrected chi connectivity index (χ4v) is 3.27. The van der Waals surface area contributed by atoms with Gasteiger partial charge in [-0.15, -0.1) is 0 Å². The number of hydrogen-bond donors (Lipinski definition) is 1. The molecular weight excluding hydrogens is 341 g/mol. The van der Waals surface area contributed by atoms with E-state index in [1.807, 2.05) is 11.9 Å². The van der Waals surface area contributed by atoms with Gasteiger partial charge in [-0.2, -0.15) is 13.2 Å². The maximum atomic E-state index is 12.6. The first-order chi connectivity index (χ1) is 12.3. The van der Waals surface area contributed by atoms with Gasteiger partial charge in [-0.3, -0.25) is 4.99 Å². The first-order valence-electron chi connectivity index (χ1n) is 9.06. The lowest BCUT2D eigenvalue weighted by Crippen LogP contribution is -2.40. The number of piperidine rings is 1. The molecule has 146 valence electrons. The van der Waals surface area contributed by atoms with Gasteiger partial charge in [0.25, 0.3) is 0 Å². The van der Waals surface area contributed by atoms with Crippen molar-refractivity contribution in [3.05, 3.63) is 35.4 Å². The summed E-state index contributed by atoms with van der Waals surface area (Å²) in [5.41, 5.74) is 0.198. The zero-order chi connectivity index (χ0) is 19.2. The number of rotatable bonds is 5. The monoisotopic (exact) mass is 370 g/mol. The topological polar surface area (TPSA) is 30.9 Å². The van der Waals surface area contributed by atoms with Crippen LogP contribution in [0.15, 0.2) is 29.3 Å². The first-order valence-corrected chi connectivity index (χ1v) is 9.06. The van der Waals surface area contributed by atoms with Gasteiger partial charge in [0.15, 0.2) is 5.96 Å². The number of nitrogens with zero attached hydrogens (tertiary/aromatic N) is 3. The second-order valence-corrected chi connectivity index (χ2v) is 7.06. The van der Waals surface area contributed by atoms with Crippen LogP contribution in [0.3, 0.4) is 0 Å². The van der Waals surface area contributed by atoms with Crippen molar-refractivity contribution in [1.82, 2.24) is 15.1 Å². The lowest BCUT2D eigenvalue weighted by atomic mass is 9.94. The smallest absolute Gasteiger partial charge is 0.356 e. The van der Waals surface area contributed by atoms with E-state index in [2.05, 4.69) is 22.3 Å². The number of hydrogen-bond acceptors (Lipinski definition) is 2. The number of aliphatic imine (C=N–C) groups is 1.